The minimum absolute atomic E-state index is 0.118. The lowest BCUT2D eigenvalue weighted by atomic mass is 10.2. The third-order valence-electron chi connectivity index (χ3n) is 3.55. The van der Waals surface area contributed by atoms with Crippen molar-refractivity contribution in [2.45, 2.75) is 31.2 Å². The zero-order valence-electron chi connectivity index (χ0n) is 13.7. The summed E-state index contributed by atoms with van der Waals surface area (Å²) in [5.41, 5.74) is 0.148. The number of hydrogen-bond acceptors (Lipinski definition) is 3. The molecule has 1 amide bonds. The van der Waals surface area contributed by atoms with E-state index in [0.29, 0.717) is 11.4 Å². The number of carbonyl (C=O) groups excluding carboxylic acids is 1. The van der Waals surface area contributed by atoms with Crippen LogP contribution in [0.4, 0.5) is 10.1 Å². The molecule has 0 spiro atoms. The van der Waals surface area contributed by atoms with Gasteiger partial charge in [-0.3, -0.25) is 4.79 Å². The number of nitrogens with one attached hydrogen (secondary N) is 2. The number of carbonyl (C=O) groups is 1. The topological polar surface area (TPSA) is 75.3 Å². The second kappa shape index (κ2) is 7.95. The number of anilines is 1. The molecule has 0 heterocycles. The fourth-order valence-electron chi connectivity index (χ4n) is 2.00. The van der Waals surface area contributed by atoms with Gasteiger partial charge in [0.2, 0.25) is 10.0 Å². The Hall–Kier alpha value is -1.96. The molecule has 0 fully saturated rings. The number of halogens is 2. The molecule has 2 N–H and O–H groups in total. The third kappa shape index (κ3) is 5.01. The number of benzene rings is 2. The zero-order valence-corrected chi connectivity index (χ0v) is 15.3. The van der Waals surface area contributed by atoms with Gasteiger partial charge in [0.25, 0.3) is 5.91 Å². The average Bonchev–Trinajstić information content (AvgIpc) is 2.56. The highest BCUT2D eigenvalue weighted by Gasteiger charge is 2.19. The number of rotatable bonds is 6. The van der Waals surface area contributed by atoms with Crippen LogP contribution in [0.1, 0.15) is 30.6 Å². The van der Waals surface area contributed by atoms with E-state index in [1.54, 1.807) is 19.1 Å². The Balaban J connectivity index is 2.21. The van der Waals surface area contributed by atoms with E-state index in [-0.39, 0.29) is 22.2 Å². The molecule has 0 radical (unpaired) electrons. The molecular formula is C17H18ClFN2O3S. The Kier molecular flexibility index (Phi) is 6.16. The van der Waals surface area contributed by atoms with E-state index in [1.165, 1.54) is 24.3 Å². The van der Waals surface area contributed by atoms with Gasteiger partial charge in [-0.25, -0.2) is 17.5 Å². The standard InChI is InChI=1S/C17H18ClFN2O3S/c1-3-11(2)21-25(23,24)14-7-8-16(15(19)10-14)20-17(22)12-5-4-6-13(18)9-12/h4-11,21H,3H2,1-2H3,(H,20,22)/t11-/m0/s1. The lowest BCUT2D eigenvalue weighted by Crippen LogP contribution is -2.32. The average molecular weight is 385 g/mol. The van der Waals surface area contributed by atoms with Crippen LogP contribution in [0, 0.1) is 5.82 Å². The third-order valence-corrected chi connectivity index (χ3v) is 5.38. The van der Waals surface area contributed by atoms with Crippen LogP contribution < -0.4 is 10.0 Å². The summed E-state index contributed by atoms with van der Waals surface area (Å²) in [6, 6.07) is 9.25. The van der Waals surface area contributed by atoms with E-state index < -0.39 is 21.7 Å². The van der Waals surface area contributed by atoms with Crippen molar-refractivity contribution in [2.24, 2.45) is 0 Å². The van der Waals surface area contributed by atoms with Gasteiger partial charge in [0, 0.05) is 16.6 Å². The molecule has 0 aliphatic rings. The maximum atomic E-state index is 14.2. The van der Waals surface area contributed by atoms with Crippen LogP contribution in [-0.4, -0.2) is 20.4 Å². The van der Waals surface area contributed by atoms with Crippen molar-refractivity contribution in [3.05, 3.63) is 58.9 Å². The van der Waals surface area contributed by atoms with Gasteiger partial charge < -0.3 is 5.32 Å². The molecule has 25 heavy (non-hydrogen) atoms. The van der Waals surface area contributed by atoms with Gasteiger partial charge in [-0.05, 0) is 49.7 Å². The molecule has 0 saturated carbocycles. The quantitative estimate of drug-likeness (QED) is 0.795. The first-order chi connectivity index (χ1) is 11.7. The van der Waals surface area contributed by atoms with E-state index in [9.17, 15) is 17.6 Å². The minimum atomic E-state index is -3.82. The summed E-state index contributed by atoms with van der Waals surface area (Å²) in [5, 5.41) is 2.78. The highest BCUT2D eigenvalue weighted by molar-refractivity contribution is 7.89. The smallest absolute Gasteiger partial charge is 0.255 e. The monoisotopic (exact) mass is 384 g/mol. The van der Waals surface area contributed by atoms with E-state index in [4.69, 9.17) is 11.6 Å². The Morgan fingerprint density at radius 1 is 1.24 bits per heavy atom. The highest BCUT2D eigenvalue weighted by Crippen LogP contribution is 2.21. The molecule has 134 valence electrons. The summed E-state index contributed by atoms with van der Waals surface area (Å²) >= 11 is 5.82. The molecule has 2 rings (SSSR count). The van der Waals surface area contributed by atoms with E-state index >= 15 is 0 Å². The molecular weight excluding hydrogens is 367 g/mol. The number of hydrogen-bond donors (Lipinski definition) is 2. The van der Waals surface area contributed by atoms with E-state index in [1.807, 2.05) is 6.92 Å². The lowest BCUT2D eigenvalue weighted by molar-refractivity contribution is 0.102. The fraction of sp³-hybridized carbons (Fsp3) is 0.235. The first-order valence-corrected chi connectivity index (χ1v) is 9.48. The predicted molar refractivity (Wildman–Crippen MR) is 95.9 cm³/mol. The van der Waals surface area contributed by atoms with Gasteiger partial charge in [0.1, 0.15) is 5.82 Å². The summed E-state index contributed by atoms with van der Waals surface area (Å²) in [6.45, 7) is 3.55. The van der Waals surface area contributed by atoms with Gasteiger partial charge >= 0.3 is 0 Å². The summed E-state index contributed by atoms with van der Waals surface area (Å²) in [5.74, 6) is -1.39. The zero-order chi connectivity index (χ0) is 18.6. The maximum absolute atomic E-state index is 14.2. The van der Waals surface area contributed by atoms with Gasteiger partial charge in [0.15, 0.2) is 0 Å². The maximum Gasteiger partial charge on any atom is 0.255 e. The van der Waals surface area contributed by atoms with Crippen LogP contribution in [0.15, 0.2) is 47.4 Å². The second-order valence-corrected chi connectivity index (χ2v) is 7.69. The molecule has 2 aromatic rings. The van der Waals surface area contributed by atoms with Crippen molar-refractivity contribution in [3.63, 3.8) is 0 Å². The Labute approximate surface area is 151 Å². The highest BCUT2D eigenvalue weighted by atomic mass is 35.5. The largest absolute Gasteiger partial charge is 0.319 e. The number of amides is 1. The molecule has 0 aromatic heterocycles. The van der Waals surface area contributed by atoms with Gasteiger partial charge in [-0.2, -0.15) is 0 Å². The fourth-order valence-corrected chi connectivity index (χ4v) is 3.53. The first-order valence-electron chi connectivity index (χ1n) is 7.61. The molecule has 2 aromatic carbocycles. The summed E-state index contributed by atoms with van der Waals surface area (Å²) < 4.78 is 41.0. The van der Waals surface area contributed by atoms with Gasteiger partial charge in [-0.1, -0.05) is 24.6 Å². The Bertz CT molecular complexity index is 887. The molecule has 0 aliphatic carbocycles. The van der Waals surface area contributed by atoms with Crippen molar-refractivity contribution in [1.29, 1.82) is 0 Å². The Morgan fingerprint density at radius 2 is 1.96 bits per heavy atom. The van der Waals surface area contributed by atoms with Crippen LogP contribution in [-0.2, 0) is 10.0 Å². The van der Waals surface area contributed by atoms with E-state index in [2.05, 4.69) is 10.0 Å². The van der Waals surface area contributed by atoms with E-state index in [0.717, 1.165) is 6.07 Å². The first kappa shape index (κ1) is 19.4. The second-order valence-electron chi connectivity index (χ2n) is 5.54. The predicted octanol–water partition coefficient (Wildman–Crippen LogP) is 3.81. The molecule has 0 bridgehead atoms. The summed E-state index contributed by atoms with van der Waals surface area (Å²) in [4.78, 5) is 11.9. The van der Waals surface area contributed by atoms with Crippen LogP contribution in [0.3, 0.4) is 0 Å². The molecule has 1 atom stereocenters. The molecule has 0 aliphatic heterocycles. The molecule has 0 saturated heterocycles. The molecule has 8 heteroatoms. The number of sulfonamides is 1. The van der Waals surface area contributed by atoms with Gasteiger partial charge in [0.05, 0.1) is 10.6 Å². The van der Waals surface area contributed by atoms with Crippen LogP contribution in [0.25, 0.3) is 0 Å². The summed E-state index contributed by atoms with van der Waals surface area (Å²) in [7, 11) is -3.82. The lowest BCUT2D eigenvalue weighted by Gasteiger charge is -2.13. The van der Waals surface area contributed by atoms with Crippen molar-refractivity contribution in [3.8, 4) is 0 Å². The molecule has 0 unspecified atom stereocenters. The molecule has 5 nitrogen and oxygen atoms in total. The van der Waals surface area contributed by atoms with Gasteiger partial charge in [-0.15, -0.1) is 0 Å². The van der Waals surface area contributed by atoms with Crippen LogP contribution in [0.5, 0.6) is 0 Å². The van der Waals surface area contributed by atoms with Crippen molar-refractivity contribution < 1.29 is 17.6 Å². The van der Waals surface area contributed by atoms with Crippen molar-refractivity contribution in [2.75, 3.05) is 5.32 Å². The SMILES string of the molecule is CC[C@H](C)NS(=O)(=O)c1ccc(NC(=O)c2cccc(Cl)c2)c(F)c1. The van der Waals surface area contributed by atoms with Crippen LogP contribution >= 0.6 is 11.6 Å². The minimum Gasteiger partial charge on any atom is -0.319 e. The summed E-state index contributed by atoms with van der Waals surface area (Å²) in [6.07, 6.45) is 0.607. The van der Waals surface area contributed by atoms with Crippen molar-refractivity contribution in [1.82, 2.24) is 4.72 Å². The van der Waals surface area contributed by atoms with Crippen LogP contribution in [0.2, 0.25) is 5.02 Å². The Morgan fingerprint density at radius 3 is 2.56 bits per heavy atom. The normalized spacial score (nSPS) is 12.6. The van der Waals surface area contributed by atoms with Crippen molar-refractivity contribution >= 4 is 33.2 Å².